The first kappa shape index (κ1) is 17.9. The third-order valence-corrected chi connectivity index (χ3v) is 4.40. The monoisotopic (exact) mass is 351 g/mol. The molecule has 1 heterocycles. The topological polar surface area (TPSA) is 79.5 Å². The number of hydrogen-bond acceptors (Lipinski definition) is 4. The van der Waals surface area contributed by atoms with Crippen molar-refractivity contribution in [2.75, 3.05) is 6.61 Å². The molecule has 0 saturated heterocycles. The van der Waals surface area contributed by atoms with Crippen molar-refractivity contribution in [3.63, 3.8) is 0 Å². The fourth-order valence-electron chi connectivity index (χ4n) is 2.77. The minimum absolute atomic E-state index is 0.111. The molecule has 0 saturated carbocycles. The zero-order chi connectivity index (χ0) is 18.7. The zero-order valence-electron chi connectivity index (χ0n) is 14.7. The average molecular weight is 351 g/mol. The van der Waals surface area contributed by atoms with Gasteiger partial charge in [-0.25, -0.2) is 4.79 Å². The second-order valence-corrected chi connectivity index (χ2v) is 6.57. The number of para-hydroxylation sites is 1. The Morgan fingerprint density at radius 3 is 2.62 bits per heavy atom. The van der Waals surface area contributed by atoms with Crippen LogP contribution >= 0.6 is 0 Å². The van der Waals surface area contributed by atoms with Gasteiger partial charge < -0.3 is 14.8 Å². The van der Waals surface area contributed by atoms with Crippen LogP contribution in [0, 0.1) is 5.92 Å². The number of hydrogen-bond donors (Lipinski definition) is 2. The second-order valence-electron chi connectivity index (χ2n) is 6.57. The third kappa shape index (κ3) is 3.68. The van der Waals surface area contributed by atoms with E-state index in [9.17, 15) is 14.7 Å². The molecular formula is C21H21NO4. The van der Waals surface area contributed by atoms with Gasteiger partial charge in [-0.15, -0.1) is 0 Å². The van der Waals surface area contributed by atoms with Crippen molar-refractivity contribution in [3.05, 3.63) is 70.6 Å². The number of benzene rings is 2. The molecule has 0 aliphatic heterocycles. The van der Waals surface area contributed by atoms with Crippen molar-refractivity contribution in [3.8, 4) is 11.1 Å². The number of aliphatic hydroxyl groups is 1. The summed E-state index contributed by atoms with van der Waals surface area (Å²) >= 11 is 0. The summed E-state index contributed by atoms with van der Waals surface area (Å²) < 4.78 is 5.37. The molecule has 0 bridgehead atoms. The van der Waals surface area contributed by atoms with E-state index in [0.717, 1.165) is 5.39 Å². The van der Waals surface area contributed by atoms with Gasteiger partial charge in [-0.05, 0) is 35.7 Å². The van der Waals surface area contributed by atoms with Crippen molar-refractivity contribution in [2.45, 2.75) is 19.9 Å². The summed E-state index contributed by atoms with van der Waals surface area (Å²) in [5.74, 6) is -0.176. The Bertz CT molecular complexity index is 990. The molecule has 5 nitrogen and oxygen atoms in total. The first-order chi connectivity index (χ1) is 12.5. The maximum absolute atomic E-state index is 12.5. The van der Waals surface area contributed by atoms with Crippen molar-refractivity contribution >= 4 is 16.9 Å². The molecule has 3 aromatic rings. The maximum atomic E-state index is 12.5. The predicted molar refractivity (Wildman–Crippen MR) is 101 cm³/mol. The van der Waals surface area contributed by atoms with E-state index in [1.54, 1.807) is 36.4 Å². The average Bonchev–Trinajstić information content (AvgIpc) is 2.65. The lowest BCUT2D eigenvalue weighted by atomic mass is 10.0. The van der Waals surface area contributed by atoms with E-state index in [1.807, 2.05) is 32.0 Å². The Morgan fingerprint density at radius 2 is 1.88 bits per heavy atom. The largest absolute Gasteiger partial charge is 0.422 e. The first-order valence-electron chi connectivity index (χ1n) is 8.54. The van der Waals surface area contributed by atoms with Gasteiger partial charge in [0, 0.05) is 10.9 Å². The molecule has 1 atom stereocenters. The standard InChI is InChI=1S/C21H21NO4/c1-13(2)18(12-23)22-20(24)16-8-5-7-14(10-16)17-11-15-6-3-4-9-19(15)26-21(17)25/h3-11,13,18,23H,12H2,1-2H3,(H,22,24). The fourth-order valence-corrected chi connectivity index (χ4v) is 2.77. The van der Waals surface area contributed by atoms with Gasteiger partial charge in [-0.2, -0.15) is 0 Å². The SMILES string of the molecule is CC(C)C(CO)NC(=O)c1cccc(-c2cc3ccccc3oc2=O)c1. The zero-order valence-corrected chi connectivity index (χ0v) is 14.7. The lowest BCUT2D eigenvalue weighted by Crippen LogP contribution is -2.41. The highest BCUT2D eigenvalue weighted by Crippen LogP contribution is 2.22. The van der Waals surface area contributed by atoms with Gasteiger partial charge in [0.25, 0.3) is 5.91 Å². The number of aliphatic hydroxyl groups excluding tert-OH is 1. The third-order valence-electron chi connectivity index (χ3n) is 4.40. The predicted octanol–water partition coefficient (Wildman–Crippen LogP) is 3.21. The summed E-state index contributed by atoms with van der Waals surface area (Å²) in [6.45, 7) is 3.73. The van der Waals surface area contributed by atoms with Crippen LogP contribution in [-0.4, -0.2) is 23.7 Å². The molecular weight excluding hydrogens is 330 g/mol. The molecule has 0 aliphatic rings. The fraction of sp³-hybridized carbons (Fsp3) is 0.238. The van der Waals surface area contributed by atoms with Crippen LogP contribution in [0.3, 0.4) is 0 Å². The Hall–Kier alpha value is -2.92. The van der Waals surface area contributed by atoms with Crippen LogP contribution in [0.15, 0.2) is 63.8 Å². The highest BCUT2D eigenvalue weighted by Gasteiger charge is 2.17. The van der Waals surface area contributed by atoms with Crippen LogP contribution in [-0.2, 0) is 0 Å². The molecule has 2 N–H and O–H groups in total. The normalized spacial score (nSPS) is 12.3. The van der Waals surface area contributed by atoms with E-state index in [4.69, 9.17) is 4.42 Å². The lowest BCUT2D eigenvalue weighted by molar-refractivity contribution is 0.0897. The van der Waals surface area contributed by atoms with Crippen LogP contribution in [0.1, 0.15) is 24.2 Å². The summed E-state index contributed by atoms with van der Waals surface area (Å²) in [7, 11) is 0. The molecule has 5 heteroatoms. The van der Waals surface area contributed by atoms with E-state index in [-0.39, 0.29) is 24.5 Å². The molecule has 0 aliphatic carbocycles. The van der Waals surface area contributed by atoms with Crippen molar-refractivity contribution in [1.82, 2.24) is 5.32 Å². The molecule has 1 aromatic heterocycles. The molecule has 2 aromatic carbocycles. The van der Waals surface area contributed by atoms with Gasteiger partial charge in [0.2, 0.25) is 0 Å². The number of rotatable bonds is 5. The molecule has 1 unspecified atom stereocenters. The number of amides is 1. The minimum Gasteiger partial charge on any atom is -0.422 e. The van der Waals surface area contributed by atoms with Crippen LogP contribution in [0.25, 0.3) is 22.1 Å². The van der Waals surface area contributed by atoms with Gasteiger partial charge in [0.15, 0.2) is 0 Å². The second kappa shape index (κ2) is 7.54. The van der Waals surface area contributed by atoms with E-state index in [2.05, 4.69) is 5.32 Å². The molecule has 0 fully saturated rings. The number of carbonyl (C=O) groups excluding carboxylic acids is 1. The van der Waals surface area contributed by atoms with Crippen LogP contribution < -0.4 is 10.9 Å². The van der Waals surface area contributed by atoms with Crippen LogP contribution in [0.5, 0.6) is 0 Å². The Balaban J connectivity index is 1.96. The summed E-state index contributed by atoms with van der Waals surface area (Å²) in [5.41, 5.74) is 1.52. The summed E-state index contributed by atoms with van der Waals surface area (Å²) in [6, 6.07) is 15.6. The number of carbonyl (C=O) groups is 1. The van der Waals surface area contributed by atoms with Crippen molar-refractivity contribution < 1.29 is 14.3 Å². The Kier molecular flexibility index (Phi) is 5.19. The van der Waals surface area contributed by atoms with E-state index < -0.39 is 5.63 Å². The van der Waals surface area contributed by atoms with Gasteiger partial charge >= 0.3 is 5.63 Å². The molecule has 3 rings (SSSR count). The van der Waals surface area contributed by atoms with E-state index >= 15 is 0 Å². The highest BCUT2D eigenvalue weighted by molar-refractivity contribution is 5.96. The molecule has 26 heavy (non-hydrogen) atoms. The van der Waals surface area contributed by atoms with Gasteiger partial charge in [0.1, 0.15) is 5.58 Å². The quantitative estimate of drug-likeness (QED) is 0.692. The maximum Gasteiger partial charge on any atom is 0.344 e. The molecule has 1 amide bonds. The molecule has 0 radical (unpaired) electrons. The molecule has 0 spiro atoms. The van der Waals surface area contributed by atoms with E-state index in [0.29, 0.717) is 22.3 Å². The first-order valence-corrected chi connectivity index (χ1v) is 8.54. The van der Waals surface area contributed by atoms with Gasteiger partial charge in [0.05, 0.1) is 18.2 Å². The Morgan fingerprint density at radius 1 is 1.12 bits per heavy atom. The van der Waals surface area contributed by atoms with Crippen LogP contribution in [0.4, 0.5) is 0 Å². The van der Waals surface area contributed by atoms with Gasteiger partial charge in [-0.3, -0.25) is 4.79 Å². The molecule has 134 valence electrons. The highest BCUT2D eigenvalue weighted by atomic mass is 16.4. The van der Waals surface area contributed by atoms with Gasteiger partial charge in [-0.1, -0.05) is 44.2 Å². The smallest absolute Gasteiger partial charge is 0.344 e. The summed E-state index contributed by atoms with van der Waals surface area (Å²) in [4.78, 5) is 24.8. The van der Waals surface area contributed by atoms with Crippen LogP contribution in [0.2, 0.25) is 0 Å². The van der Waals surface area contributed by atoms with Crippen molar-refractivity contribution in [2.24, 2.45) is 5.92 Å². The summed E-state index contributed by atoms with van der Waals surface area (Å²) in [5, 5.41) is 13.0. The van der Waals surface area contributed by atoms with Crippen molar-refractivity contribution in [1.29, 1.82) is 0 Å². The lowest BCUT2D eigenvalue weighted by Gasteiger charge is -2.20. The number of fused-ring (bicyclic) bond motifs is 1. The summed E-state index contributed by atoms with van der Waals surface area (Å²) in [6.07, 6.45) is 0. The Labute approximate surface area is 151 Å². The van der Waals surface area contributed by atoms with E-state index in [1.165, 1.54) is 0 Å². The number of nitrogens with one attached hydrogen (secondary N) is 1. The minimum atomic E-state index is -0.448.